The maximum absolute atomic E-state index is 12.0. The molecule has 1 aliphatic heterocycles. The normalized spacial score (nSPS) is 26.6. The topological polar surface area (TPSA) is 53.5 Å². The highest BCUT2D eigenvalue weighted by atomic mass is 16.2. The van der Waals surface area contributed by atoms with Crippen molar-refractivity contribution in [3.8, 4) is 0 Å². The Labute approximate surface area is 111 Å². The summed E-state index contributed by atoms with van der Waals surface area (Å²) in [4.78, 5) is 16.4. The van der Waals surface area contributed by atoms with E-state index in [4.69, 9.17) is 0 Å². The van der Waals surface area contributed by atoms with E-state index in [-0.39, 0.29) is 11.3 Å². The SMILES string of the molecule is CC(C)CN=C1NC(=O)C(C)(CCC(C)(C)C)N1. The van der Waals surface area contributed by atoms with Crippen LogP contribution in [-0.2, 0) is 4.79 Å². The fourth-order valence-electron chi connectivity index (χ4n) is 1.75. The van der Waals surface area contributed by atoms with Gasteiger partial charge in [-0.1, -0.05) is 34.6 Å². The van der Waals surface area contributed by atoms with E-state index in [1.165, 1.54) is 0 Å². The van der Waals surface area contributed by atoms with Crippen molar-refractivity contribution < 1.29 is 4.79 Å². The lowest BCUT2D eigenvalue weighted by atomic mass is 9.84. The molecule has 1 unspecified atom stereocenters. The smallest absolute Gasteiger partial charge is 0.252 e. The van der Waals surface area contributed by atoms with Gasteiger partial charge in [0.2, 0.25) is 0 Å². The van der Waals surface area contributed by atoms with Gasteiger partial charge in [0.05, 0.1) is 0 Å². The van der Waals surface area contributed by atoms with Crippen molar-refractivity contribution in [1.82, 2.24) is 10.6 Å². The summed E-state index contributed by atoms with van der Waals surface area (Å²) in [5.74, 6) is 1.16. The van der Waals surface area contributed by atoms with Crippen molar-refractivity contribution in [3.05, 3.63) is 0 Å². The lowest BCUT2D eigenvalue weighted by Crippen LogP contribution is -2.44. The number of carbonyl (C=O) groups is 1. The first-order valence-electron chi connectivity index (χ1n) is 6.76. The molecule has 1 rings (SSSR count). The fourth-order valence-corrected chi connectivity index (χ4v) is 1.75. The van der Waals surface area contributed by atoms with Crippen LogP contribution in [-0.4, -0.2) is 24.0 Å². The summed E-state index contributed by atoms with van der Waals surface area (Å²) in [6.07, 6.45) is 1.82. The van der Waals surface area contributed by atoms with Crippen LogP contribution in [0.1, 0.15) is 54.4 Å². The van der Waals surface area contributed by atoms with Gasteiger partial charge in [0.1, 0.15) is 5.54 Å². The highest BCUT2D eigenvalue weighted by molar-refractivity contribution is 6.08. The summed E-state index contributed by atoms with van der Waals surface area (Å²) in [5, 5.41) is 6.07. The summed E-state index contributed by atoms with van der Waals surface area (Å²) < 4.78 is 0. The standard InChI is InChI=1S/C14H27N3O/c1-10(2)9-15-12-16-11(18)14(6,17-12)8-7-13(3,4)5/h10H,7-9H2,1-6H3,(H2,15,16,17,18). The predicted molar refractivity (Wildman–Crippen MR) is 75.5 cm³/mol. The molecule has 1 saturated heterocycles. The fraction of sp³-hybridized carbons (Fsp3) is 0.857. The van der Waals surface area contributed by atoms with Crippen LogP contribution in [0.15, 0.2) is 4.99 Å². The molecule has 1 atom stereocenters. The van der Waals surface area contributed by atoms with Crippen LogP contribution in [0.5, 0.6) is 0 Å². The molecule has 1 fully saturated rings. The van der Waals surface area contributed by atoms with Gasteiger partial charge in [-0.3, -0.25) is 15.1 Å². The van der Waals surface area contributed by atoms with Gasteiger partial charge < -0.3 is 5.32 Å². The molecule has 1 amide bonds. The predicted octanol–water partition coefficient (Wildman–Crippen LogP) is 2.30. The Morgan fingerprint density at radius 2 is 1.94 bits per heavy atom. The summed E-state index contributed by atoms with van der Waals surface area (Å²) in [6.45, 7) is 13.5. The van der Waals surface area contributed by atoms with Gasteiger partial charge in [0.25, 0.3) is 5.91 Å². The van der Waals surface area contributed by atoms with Crippen LogP contribution in [0.4, 0.5) is 0 Å². The molecule has 4 nitrogen and oxygen atoms in total. The van der Waals surface area contributed by atoms with Crippen LogP contribution in [0.25, 0.3) is 0 Å². The van der Waals surface area contributed by atoms with Crippen molar-refractivity contribution >= 4 is 11.9 Å². The van der Waals surface area contributed by atoms with Gasteiger partial charge in [-0.15, -0.1) is 0 Å². The average molecular weight is 253 g/mol. The molecule has 18 heavy (non-hydrogen) atoms. The number of hydrogen-bond donors (Lipinski definition) is 2. The van der Waals surface area contributed by atoms with E-state index in [9.17, 15) is 4.79 Å². The van der Waals surface area contributed by atoms with Gasteiger partial charge in [-0.25, -0.2) is 0 Å². The Balaban J connectivity index is 2.62. The molecule has 0 aromatic carbocycles. The molecule has 104 valence electrons. The first-order chi connectivity index (χ1) is 8.12. The minimum Gasteiger partial charge on any atom is -0.342 e. The monoisotopic (exact) mass is 253 g/mol. The van der Waals surface area contributed by atoms with Gasteiger partial charge in [0, 0.05) is 6.54 Å². The number of nitrogens with zero attached hydrogens (tertiary/aromatic N) is 1. The third kappa shape index (κ3) is 4.31. The highest BCUT2D eigenvalue weighted by Gasteiger charge is 2.40. The van der Waals surface area contributed by atoms with Crippen molar-refractivity contribution in [3.63, 3.8) is 0 Å². The number of rotatable bonds is 4. The molecule has 0 saturated carbocycles. The lowest BCUT2D eigenvalue weighted by molar-refractivity contribution is -0.123. The minimum absolute atomic E-state index is 0.0363. The van der Waals surface area contributed by atoms with Crippen LogP contribution in [0.2, 0.25) is 0 Å². The first-order valence-corrected chi connectivity index (χ1v) is 6.76. The number of nitrogens with one attached hydrogen (secondary N) is 2. The van der Waals surface area contributed by atoms with E-state index >= 15 is 0 Å². The van der Waals surface area contributed by atoms with Crippen molar-refractivity contribution in [2.24, 2.45) is 16.3 Å². The Morgan fingerprint density at radius 3 is 2.44 bits per heavy atom. The van der Waals surface area contributed by atoms with E-state index in [0.717, 1.165) is 19.4 Å². The van der Waals surface area contributed by atoms with E-state index in [0.29, 0.717) is 11.9 Å². The van der Waals surface area contributed by atoms with Crippen LogP contribution < -0.4 is 10.6 Å². The van der Waals surface area contributed by atoms with Crippen molar-refractivity contribution in [2.45, 2.75) is 59.9 Å². The Kier molecular flexibility index (Phi) is 4.41. The summed E-state index contributed by atoms with van der Waals surface area (Å²) in [5.41, 5.74) is -0.272. The molecule has 0 bridgehead atoms. The highest BCUT2D eigenvalue weighted by Crippen LogP contribution is 2.27. The van der Waals surface area contributed by atoms with Gasteiger partial charge >= 0.3 is 0 Å². The molecule has 0 aromatic rings. The molecule has 0 spiro atoms. The van der Waals surface area contributed by atoms with E-state index in [1.807, 2.05) is 6.92 Å². The second-order valence-corrected chi connectivity index (χ2v) is 7.06. The van der Waals surface area contributed by atoms with Crippen LogP contribution >= 0.6 is 0 Å². The summed E-state index contributed by atoms with van der Waals surface area (Å²) in [6, 6.07) is 0. The second kappa shape index (κ2) is 5.29. The third-order valence-electron chi connectivity index (χ3n) is 3.12. The second-order valence-electron chi connectivity index (χ2n) is 7.06. The van der Waals surface area contributed by atoms with Crippen molar-refractivity contribution in [1.29, 1.82) is 0 Å². The van der Waals surface area contributed by atoms with Gasteiger partial charge in [0.15, 0.2) is 5.96 Å². The maximum atomic E-state index is 12.0. The number of amides is 1. The summed E-state index contributed by atoms with van der Waals surface area (Å²) >= 11 is 0. The van der Waals surface area contributed by atoms with E-state index in [1.54, 1.807) is 0 Å². The first kappa shape index (κ1) is 15.0. The lowest BCUT2D eigenvalue weighted by Gasteiger charge is -2.26. The average Bonchev–Trinajstić information content (AvgIpc) is 2.49. The maximum Gasteiger partial charge on any atom is 0.252 e. The molecule has 1 aliphatic rings. The Bertz CT molecular complexity index is 341. The molecular formula is C14H27N3O. The van der Waals surface area contributed by atoms with E-state index in [2.05, 4.69) is 50.2 Å². The summed E-state index contributed by atoms with van der Waals surface area (Å²) in [7, 11) is 0. The molecule has 2 N–H and O–H groups in total. The zero-order valence-corrected chi connectivity index (χ0v) is 12.6. The number of aliphatic imine (C=N–C) groups is 1. The van der Waals surface area contributed by atoms with E-state index < -0.39 is 5.54 Å². The van der Waals surface area contributed by atoms with Crippen LogP contribution in [0, 0.1) is 11.3 Å². The number of hydrogen-bond acceptors (Lipinski definition) is 2. The minimum atomic E-state index is -0.511. The molecular weight excluding hydrogens is 226 g/mol. The van der Waals surface area contributed by atoms with Crippen LogP contribution in [0.3, 0.4) is 0 Å². The number of carbonyl (C=O) groups excluding carboxylic acids is 1. The molecule has 0 aromatic heterocycles. The largest absolute Gasteiger partial charge is 0.342 e. The molecule has 0 radical (unpaired) electrons. The third-order valence-corrected chi connectivity index (χ3v) is 3.12. The Morgan fingerprint density at radius 1 is 1.33 bits per heavy atom. The molecule has 4 heteroatoms. The Hall–Kier alpha value is -1.06. The number of guanidine groups is 1. The zero-order valence-electron chi connectivity index (χ0n) is 12.6. The van der Waals surface area contributed by atoms with Crippen molar-refractivity contribution in [2.75, 3.05) is 6.54 Å². The quantitative estimate of drug-likeness (QED) is 0.807. The van der Waals surface area contributed by atoms with Gasteiger partial charge in [-0.2, -0.15) is 0 Å². The molecule has 0 aliphatic carbocycles. The van der Waals surface area contributed by atoms with Gasteiger partial charge in [-0.05, 0) is 31.1 Å². The molecule has 1 heterocycles. The zero-order chi connectivity index (χ0) is 14.0.